The Morgan fingerprint density at radius 3 is 2.33 bits per heavy atom. The molecule has 0 spiro atoms. The van der Waals surface area contributed by atoms with Crippen LogP contribution < -0.4 is 10.1 Å². The number of ether oxygens (including phenoxy) is 1. The molecule has 0 bridgehead atoms. The van der Waals surface area contributed by atoms with Crippen molar-refractivity contribution in [3.63, 3.8) is 0 Å². The highest BCUT2D eigenvalue weighted by Crippen LogP contribution is 2.21. The smallest absolute Gasteiger partial charge is 0.119 e. The normalized spacial score (nSPS) is 11.4. The molecule has 2 aromatic carbocycles. The summed E-state index contributed by atoms with van der Waals surface area (Å²) in [5.74, 6) is 0.905. The van der Waals surface area contributed by atoms with Crippen LogP contribution in [0.5, 0.6) is 5.75 Å². The average Bonchev–Trinajstić information content (AvgIpc) is 2.50. The molecule has 1 N–H and O–H groups in total. The molecule has 0 amide bonds. The summed E-state index contributed by atoms with van der Waals surface area (Å²) in [6, 6.07) is 18.5. The molecule has 2 aromatic rings. The Balaban J connectivity index is 1.71. The van der Waals surface area contributed by atoms with Crippen LogP contribution in [-0.4, -0.2) is 19.7 Å². The Kier molecular flexibility index (Phi) is 5.83. The number of halogens is 1. The number of nitrogens with one attached hydrogen (secondary N) is 1. The van der Waals surface area contributed by atoms with E-state index in [9.17, 15) is 0 Å². The summed E-state index contributed by atoms with van der Waals surface area (Å²) in [7, 11) is 0. The Labute approximate surface area is 135 Å². The van der Waals surface area contributed by atoms with Gasteiger partial charge in [-0.15, -0.1) is 0 Å². The van der Waals surface area contributed by atoms with Crippen LogP contribution in [0.4, 0.5) is 0 Å². The zero-order valence-electron chi connectivity index (χ0n) is 12.6. The fourth-order valence-electron chi connectivity index (χ4n) is 2.16. The van der Waals surface area contributed by atoms with Crippen molar-refractivity contribution < 1.29 is 4.74 Å². The molecule has 3 heteroatoms. The molecule has 2 nitrogen and oxygen atoms in total. The first-order chi connectivity index (χ1) is 10.1. The molecule has 0 aromatic heterocycles. The van der Waals surface area contributed by atoms with E-state index in [2.05, 4.69) is 65.4 Å². The molecule has 112 valence electrons. The standard InChI is InChI=1S/C18H22BrNO/c1-18(2,15-6-4-3-5-7-15)14-20-12-13-21-17-10-8-16(19)9-11-17/h3-11,20H,12-14H2,1-2H3. The van der Waals surface area contributed by atoms with E-state index in [0.717, 1.165) is 23.3 Å². The maximum absolute atomic E-state index is 5.70. The van der Waals surface area contributed by atoms with Gasteiger partial charge in [0.25, 0.3) is 0 Å². The van der Waals surface area contributed by atoms with E-state index in [1.54, 1.807) is 0 Å². The number of hydrogen-bond donors (Lipinski definition) is 1. The van der Waals surface area contributed by atoms with Crippen LogP contribution in [0.25, 0.3) is 0 Å². The summed E-state index contributed by atoms with van der Waals surface area (Å²) in [5, 5.41) is 3.47. The number of rotatable bonds is 7. The summed E-state index contributed by atoms with van der Waals surface area (Å²) in [5.41, 5.74) is 1.48. The third-order valence-corrected chi connectivity index (χ3v) is 4.01. The van der Waals surface area contributed by atoms with Gasteiger partial charge in [0.05, 0.1) is 0 Å². The van der Waals surface area contributed by atoms with E-state index in [0.29, 0.717) is 6.61 Å². The Morgan fingerprint density at radius 2 is 1.67 bits per heavy atom. The van der Waals surface area contributed by atoms with Crippen LogP contribution in [0, 0.1) is 0 Å². The molecule has 0 radical (unpaired) electrons. The highest BCUT2D eigenvalue weighted by Gasteiger charge is 2.19. The van der Waals surface area contributed by atoms with Crippen molar-refractivity contribution in [3.05, 3.63) is 64.6 Å². The van der Waals surface area contributed by atoms with Crippen LogP contribution in [0.1, 0.15) is 19.4 Å². The lowest BCUT2D eigenvalue weighted by atomic mass is 9.85. The van der Waals surface area contributed by atoms with Gasteiger partial charge >= 0.3 is 0 Å². The van der Waals surface area contributed by atoms with E-state index in [1.165, 1.54) is 5.56 Å². The second kappa shape index (κ2) is 7.62. The SMILES string of the molecule is CC(C)(CNCCOc1ccc(Br)cc1)c1ccccc1. The largest absolute Gasteiger partial charge is 0.492 e. The summed E-state index contributed by atoms with van der Waals surface area (Å²) in [6.45, 7) is 6.95. The van der Waals surface area contributed by atoms with Crippen molar-refractivity contribution in [2.75, 3.05) is 19.7 Å². The number of hydrogen-bond acceptors (Lipinski definition) is 2. The van der Waals surface area contributed by atoms with Crippen LogP contribution in [0.2, 0.25) is 0 Å². The van der Waals surface area contributed by atoms with Gasteiger partial charge in [-0.1, -0.05) is 60.1 Å². The summed E-state index contributed by atoms with van der Waals surface area (Å²) >= 11 is 3.41. The average molecular weight is 348 g/mol. The van der Waals surface area contributed by atoms with Crippen LogP contribution in [-0.2, 0) is 5.41 Å². The second-order valence-electron chi connectivity index (χ2n) is 5.73. The maximum atomic E-state index is 5.70. The van der Waals surface area contributed by atoms with E-state index in [4.69, 9.17) is 4.74 Å². The number of benzene rings is 2. The molecule has 0 saturated carbocycles. The van der Waals surface area contributed by atoms with Gasteiger partial charge in [0.2, 0.25) is 0 Å². The lowest BCUT2D eigenvalue weighted by molar-refractivity contribution is 0.307. The van der Waals surface area contributed by atoms with Crippen molar-refractivity contribution in [1.82, 2.24) is 5.32 Å². The molecule has 0 heterocycles. The molecular weight excluding hydrogens is 326 g/mol. The van der Waals surface area contributed by atoms with Crippen LogP contribution in [0.3, 0.4) is 0 Å². The molecule has 0 fully saturated rings. The molecule has 0 aliphatic carbocycles. The van der Waals surface area contributed by atoms with Crippen molar-refractivity contribution in [1.29, 1.82) is 0 Å². The zero-order valence-corrected chi connectivity index (χ0v) is 14.2. The van der Waals surface area contributed by atoms with E-state index >= 15 is 0 Å². The third kappa shape index (κ3) is 5.18. The van der Waals surface area contributed by atoms with Crippen molar-refractivity contribution >= 4 is 15.9 Å². The first-order valence-corrected chi connectivity index (χ1v) is 8.02. The fourth-order valence-corrected chi connectivity index (χ4v) is 2.43. The molecule has 2 rings (SSSR count). The predicted molar refractivity (Wildman–Crippen MR) is 92.0 cm³/mol. The van der Waals surface area contributed by atoms with Gasteiger partial charge in [-0.2, -0.15) is 0 Å². The monoisotopic (exact) mass is 347 g/mol. The molecule has 21 heavy (non-hydrogen) atoms. The molecule has 0 atom stereocenters. The predicted octanol–water partition coefficient (Wildman–Crippen LogP) is 4.40. The van der Waals surface area contributed by atoms with Gasteiger partial charge in [0, 0.05) is 23.0 Å². The van der Waals surface area contributed by atoms with Gasteiger partial charge < -0.3 is 10.1 Å². The first-order valence-electron chi connectivity index (χ1n) is 7.22. The quantitative estimate of drug-likeness (QED) is 0.749. The van der Waals surface area contributed by atoms with Crippen molar-refractivity contribution in [2.45, 2.75) is 19.3 Å². The summed E-state index contributed by atoms with van der Waals surface area (Å²) in [6.07, 6.45) is 0. The van der Waals surface area contributed by atoms with Gasteiger partial charge in [0.1, 0.15) is 12.4 Å². The summed E-state index contributed by atoms with van der Waals surface area (Å²) in [4.78, 5) is 0. The third-order valence-electron chi connectivity index (χ3n) is 3.48. The molecule has 0 unspecified atom stereocenters. The first kappa shape index (κ1) is 16.1. The van der Waals surface area contributed by atoms with Gasteiger partial charge in [0.15, 0.2) is 0 Å². The van der Waals surface area contributed by atoms with Gasteiger partial charge in [-0.25, -0.2) is 0 Å². The Hall–Kier alpha value is -1.32. The minimum atomic E-state index is 0.124. The van der Waals surface area contributed by atoms with Crippen LogP contribution in [0.15, 0.2) is 59.1 Å². The lowest BCUT2D eigenvalue weighted by Gasteiger charge is -2.25. The van der Waals surface area contributed by atoms with Crippen molar-refractivity contribution in [3.8, 4) is 5.75 Å². The maximum Gasteiger partial charge on any atom is 0.119 e. The Morgan fingerprint density at radius 1 is 1.00 bits per heavy atom. The molecule has 0 aliphatic heterocycles. The zero-order chi connectivity index (χ0) is 15.1. The van der Waals surface area contributed by atoms with E-state index in [-0.39, 0.29) is 5.41 Å². The van der Waals surface area contributed by atoms with E-state index < -0.39 is 0 Å². The molecular formula is C18H22BrNO. The fraction of sp³-hybridized carbons (Fsp3) is 0.333. The minimum absolute atomic E-state index is 0.124. The highest BCUT2D eigenvalue weighted by atomic mass is 79.9. The van der Waals surface area contributed by atoms with Crippen LogP contribution >= 0.6 is 15.9 Å². The second-order valence-corrected chi connectivity index (χ2v) is 6.64. The molecule has 0 aliphatic rings. The topological polar surface area (TPSA) is 21.3 Å². The van der Waals surface area contributed by atoms with E-state index in [1.807, 2.05) is 24.3 Å². The van der Waals surface area contributed by atoms with Gasteiger partial charge in [-0.05, 0) is 29.8 Å². The van der Waals surface area contributed by atoms with Crippen molar-refractivity contribution in [2.24, 2.45) is 0 Å². The minimum Gasteiger partial charge on any atom is -0.492 e. The van der Waals surface area contributed by atoms with Gasteiger partial charge in [-0.3, -0.25) is 0 Å². The Bertz CT molecular complexity index is 537. The summed E-state index contributed by atoms with van der Waals surface area (Å²) < 4.78 is 6.77. The highest BCUT2D eigenvalue weighted by molar-refractivity contribution is 9.10. The lowest BCUT2D eigenvalue weighted by Crippen LogP contribution is -2.35. The molecule has 0 saturated heterocycles.